The number of aliphatic carboxylic acids is 1. The number of phenolic OH excluding ortho intramolecular Hbond substituents is 1. The number of fused-ring (bicyclic) bond motifs is 7. The van der Waals surface area contributed by atoms with E-state index in [1.54, 1.807) is 18.2 Å². The zero-order valence-electron chi connectivity index (χ0n) is 29.7. The summed E-state index contributed by atoms with van der Waals surface area (Å²) in [6.07, 6.45) is 12.9. The van der Waals surface area contributed by atoms with E-state index in [1.165, 1.54) is 25.7 Å². The number of aromatic hydroxyl groups is 1. The second-order valence-corrected chi connectivity index (χ2v) is 18.1. The van der Waals surface area contributed by atoms with Crippen LogP contribution >= 0.6 is 0 Å². The minimum atomic E-state index is -0.716. The van der Waals surface area contributed by atoms with Gasteiger partial charge in [0, 0.05) is 12.0 Å². The van der Waals surface area contributed by atoms with Crippen molar-refractivity contribution in [3.8, 4) is 11.5 Å². The van der Waals surface area contributed by atoms with E-state index in [-0.39, 0.29) is 51.3 Å². The van der Waals surface area contributed by atoms with Crippen LogP contribution in [0.1, 0.15) is 118 Å². The number of aliphatic hydroxyl groups excluding tert-OH is 1. The molecule has 3 unspecified atom stereocenters. The molecule has 260 valence electrons. The average molecular weight is 651 g/mol. The molecule has 10 atom stereocenters. The average Bonchev–Trinajstić information content (AvgIpc) is 3.00. The molecule has 0 saturated heterocycles. The van der Waals surface area contributed by atoms with E-state index in [2.05, 4.69) is 41.5 Å². The van der Waals surface area contributed by atoms with Gasteiger partial charge < -0.3 is 24.8 Å². The van der Waals surface area contributed by atoms with E-state index in [0.29, 0.717) is 29.6 Å². The smallest absolute Gasteiger partial charge is 0.330 e. The largest absolute Gasteiger partial charge is 0.504 e. The number of phenols is 1. The molecule has 5 aliphatic carbocycles. The number of methoxy groups -OCH3 is 1. The maximum absolute atomic E-state index is 13.8. The number of hydrogen-bond acceptors (Lipinski definition) is 6. The van der Waals surface area contributed by atoms with Gasteiger partial charge in [0.25, 0.3) is 0 Å². The van der Waals surface area contributed by atoms with Crippen LogP contribution in [-0.2, 0) is 14.3 Å². The molecule has 1 aromatic rings. The predicted molar refractivity (Wildman–Crippen MR) is 182 cm³/mol. The minimum absolute atomic E-state index is 0.0326. The Morgan fingerprint density at radius 3 is 2.30 bits per heavy atom. The van der Waals surface area contributed by atoms with Crippen molar-refractivity contribution in [3.63, 3.8) is 0 Å². The monoisotopic (exact) mass is 650 g/mol. The summed E-state index contributed by atoms with van der Waals surface area (Å²) >= 11 is 0. The van der Waals surface area contributed by atoms with Gasteiger partial charge in [-0.2, -0.15) is 0 Å². The highest BCUT2D eigenvalue weighted by atomic mass is 16.5. The number of carboxylic acid groups (broad SMARTS) is 1. The molecule has 7 nitrogen and oxygen atoms in total. The van der Waals surface area contributed by atoms with Gasteiger partial charge >= 0.3 is 11.9 Å². The van der Waals surface area contributed by atoms with Crippen molar-refractivity contribution in [1.29, 1.82) is 0 Å². The molecule has 0 aromatic heterocycles. The van der Waals surface area contributed by atoms with Crippen LogP contribution in [0.3, 0.4) is 0 Å². The Morgan fingerprint density at radius 1 is 0.872 bits per heavy atom. The lowest BCUT2D eigenvalue weighted by Gasteiger charge is -2.74. The summed E-state index contributed by atoms with van der Waals surface area (Å²) in [7, 11) is 1.48. The molecule has 0 bridgehead atoms. The molecule has 0 spiro atoms. The van der Waals surface area contributed by atoms with Gasteiger partial charge in [0.05, 0.1) is 25.2 Å². The molecule has 5 saturated carbocycles. The maximum atomic E-state index is 13.8. The fourth-order valence-electron chi connectivity index (χ4n) is 12.8. The molecular formula is C40H58O7. The van der Waals surface area contributed by atoms with Gasteiger partial charge in [-0.05, 0) is 139 Å². The molecule has 6 rings (SSSR count). The van der Waals surface area contributed by atoms with Gasteiger partial charge in [-0.25, -0.2) is 4.79 Å². The third-order valence-electron chi connectivity index (χ3n) is 15.5. The number of hydrogen-bond donors (Lipinski definition) is 3. The van der Waals surface area contributed by atoms with Crippen molar-refractivity contribution < 1.29 is 34.4 Å². The lowest BCUT2D eigenvalue weighted by Crippen LogP contribution is -2.70. The molecule has 1 aromatic carbocycles. The number of ether oxygens (including phenoxy) is 2. The van der Waals surface area contributed by atoms with Crippen LogP contribution in [0.4, 0.5) is 0 Å². The Labute approximate surface area is 281 Å². The molecule has 47 heavy (non-hydrogen) atoms. The van der Waals surface area contributed by atoms with E-state index >= 15 is 0 Å². The molecule has 0 radical (unpaired) electrons. The summed E-state index contributed by atoms with van der Waals surface area (Å²) in [6.45, 7) is 14.4. The van der Waals surface area contributed by atoms with Gasteiger partial charge in [-0.1, -0.05) is 47.6 Å². The summed E-state index contributed by atoms with van der Waals surface area (Å²) in [5, 5.41) is 32.6. The van der Waals surface area contributed by atoms with Crippen molar-refractivity contribution in [2.45, 2.75) is 118 Å². The minimum Gasteiger partial charge on any atom is -0.504 e. The second kappa shape index (κ2) is 11.5. The molecule has 5 fully saturated rings. The number of esters is 1. The van der Waals surface area contributed by atoms with Crippen molar-refractivity contribution in [2.75, 3.05) is 13.7 Å². The van der Waals surface area contributed by atoms with Gasteiger partial charge in [0.15, 0.2) is 11.5 Å². The van der Waals surface area contributed by atoms with Crippen LogP contribution in [0.15, 0.2) is 24.3 Å². The van der Waals surface area contributed by atoms with E-state index in [1.807, 2.05) is 0 Å². The molecule has 0 heterocycles. The molecular weight excluding hydrogens is 592 g/mol. The number of carbonyl (C=O) groups excluding carboxylic acids is 1. The lowest BCUT2D eigenvalue weighted by molar-refractivity contribution is -0.269. The van der Waals surface area contributed by atoms with Crippen LogP contribution in [0.2, 0.25) is 0 Å². The van der Waals surface area contributed by atoms with Crippen molar-refractivity contribution in [3.05, 3.63) is 29.8 Å². The number of carbonyl (C=O) groups is 2. The number of carboxylic acids is 1. The fourth-order valence-corrected chi connectivity index (χ4v) is 12.8. The van der Waals surface area contributed by atoms with Crippen LogP contribution in [-0.4, -0.2) is 47.1 Å². The van der Waals surface area contributed by atoms with Gasteiger partial charge in [0.2, 0.25) is 0 Å². The van der Waals surface area contributed by atoms with Crippen molar-refractivity contribution in [1.82, 2.24) is 0 Å². The fraction of sp³-hybridized carbons (Fsp3) is 0.750. The summed E-state index contributed by atoms with van der Waals surface area (Å²) in [4.78, 5) is 26.7. The molecule has 0 amide bonds. The SMILES string of the molecule is COc1cc(/C=C/C(=O)OC[C@H]2[C@@H](O)CCC3[C@]4(C)CC[C@@]5(C(=O)O)C6CC(C)(C)CC[C@]6(C)CC[C@]5(C)C4CC[C@@]32C)ccc1O. The first-order valence-corrected chi connectivity index (χ1v) is 18.1. The second-order valence-electron chi connectivity index (χ2n) is 18.1. The Hall–Kier alpha value is -2.54. The molecule has 0 aliphatic heterocycles. The quantitative estimate of drug-likeness (QED) is 0.210. The summed E-state index contributed by atoms with van der Waals surface area (Å²) in [5.74, 6) is -0.0432. The van der Waals surface area contributed by atoms with E-state index < -0.39 is 23.5 Å². The first-order chi connectivity index (χ1) is 22.0. The first kappa shape index (κ1) is 34.3. The normalized spacial score (nSPS) is 44.0. The lowest BCUT2D eigenvalue weighted by atomic mass is 9.29. The molecule has 7 heteroatoms. The standard InChI is InChI=1S/C40H58O7/c1-35(2)16-17-36(3)18-20-39(6)31-14-15-37(4)26(24-47-33(43)13-9-25-8-10-28(42)29(22-25)46-7)27(41)11-12-30(37)38(31,5)19-21-40(39,34(44)45)32(36)23-35/h8-10,13,22,26-27,30-32,41-42H,11-12,14-21,23-24H2,1-7H3,(H,44,45)/b13-9+/t26-,27-,30?,31?,32?,36+,37+,38-,39+,40-/m0/s1. The third-order valence-corrected chi connectivity index (χ3v) is 15.5. The number of rotatable bonds is 6. The van der Waals surface area contributed by atoms with Gasteiger partial charge in [-0.15, -0.1) is 0 Å². The summed E-state index contributed by atoms with van der Waals surface area (Å²) < 4.78 is 11.0. The van der Waals surface area contributed by atoms with Crippen LogP contribution in [0.5, 0.6) is 11.5 Å². The van der Waals surface area contributed by atoms with Crippen molar-refractivity contribution in [2.24, 2.45) is 56.2 Å². The highest BCUT2D eigenvalue weighted by Gasteiger charge is 2.75. The maximum Gasteiger partial charge on any atom is 0.330 e. The van der Waals surface area contributed by atoms with Gasteiger partial charge in [-0.3, -0.25) is 4.79 Å². The Kier molecular flexibility index (Phi) is 8.42. The molecule has 5 aliphatic rings. The van der Waals surface area contributed by atoms with Crippen LogP contribution in [0, 0.1) is 56.2 Å². The topological polar surface area (TPSA) is 113 Å². The van der Waals surface area contributed by atoms with Gasteiger partial charge in [0.1, 0.15) is 0 Å². The highest BCUT2D eigenvalue weighted by Crippen LogP contribution is 2.78. The van der Waals surface area contributed by atoms with E-state index in [9.17, 15) is 24.9 Å². The van der Waals surface area contributed by atoms with Crippen molar-refractivity contribution >= 4 is 18.0 Å². The summed E-state index contributed by atoms with van der Waals surface area (Å²) in [6, 6.07) is 4.87. The summed E-state index contributed by atoms with van der Waals surface area (Å²) in [5.41, 5.74) is -0.317. The Balaban J connectivity index is 1.24. The Morgan fingerprint density at radius 2 is 1.60 bits per heavy atom. The zero-order chi connectivity index (χ0) is 34.2. The van der Waals surface area contributed by atoms with Crippen LogP contribution in [0.25, 0.3) is 6.08 Å². The van der Waals surface area contributed by atoms with E-state index in [4.69, 9.17) is 9.47 Å². The molecule has 3 N–H and O–H groups in total. The number of benzene rings is 1. The predicted octanol–water partition coefficient (Wildman–Crippen LogP) is 8.26. The number of aliphatic hydroxyl groups is 1. The third kappa shape index (κ3) is 5.15. The van der Waals surface area contributed by atoms with E-state index in [0.717, 1.165) is 57.8 Å². The van der Waals surface area contributed by atoms with Crippen LogP contribution < -0.4 is 4.74 Å². The zero-order valence-corrected chi connectivity index (χ0v) is 29.7. The first-order valence-electron chi connectivity index (χ1n) is 18.1. The highest BCUT2D eigenvalue weighted by molar-refractivity contribution is 5.87. The Bertz CT molecular complexity index is 1430.